The monoisotopic (exact) mass is 307 g/mol. The van der Waals surface area contributed by atoms with E-state index < -0.39 is 0 Å². The number of para-hydroxylation sites is 1. The lowest BCUT2D eigenvalue weighted by atomic mass is 10.2. The molecule has 1 aromatic carbocycles. The Balaban J connectivity index is 1.70. The summed E-state index contributed by atoms with van der Waals surface area (Å²) in [7, 11) is 1.74. The number of aryl methyl sites for hydroxylation is 1. The van der Waals surface area contributed by atoms with E-state index in [2.05, 4.69) is 5.38 Å². The second kappa shape index (κ2) is 7.78. The van der Waals surface area contributed by atoms with E-state index in [1.807, 2.05) is 11.4 Å². The van der Waals surface area contributed by atoms with E-state index >= 15 is 0 Å². The Morgan fingerprint density at radius 1 is 1.33 bits per heavy atom. The van der Waals surface area contributed by atoms with Crippen LogP contribution in [-0.4, -0.2) is 31.0 Å². The minimum atomic E-state index is -0.385. The SMILES string of the molecule is CN(CCOc1ccccc1F)C(=O)CCc1ccsc1. The van der Waals surface area contributed by atoms with Crippen molar-refractivity contribution in [3.63, 3.8) is 0 Å². The van der Waals surface area contributed by atoms with E-state index in [0.717, 1.165) is 6.42 Å². The summed E-state index contributed by atoms with van der Waals surface area (Å²) in [4.78, 5) is 13.6. The van der Waals surface area contributed by atoms with Crippen LogP contribution in [0.2, 0.25) is 0 Å². The zero-order chi connectivity index (χ0) is 15.1. The van der Waals surface area contributed by atoms with E-state index in [-0.39, 0.29) is 24.1 Å². The maximum atomic E-state index is 13.3. The van der Waals surface area contributed by atoms with Gasteiger partial charge in [-0.25, -0.2) is 4.39 Å². The fourth-order valence-electron chi connectivity index (χ4n) is 1.86. The number of halogens is 1. The molecule has 0 unspecified atom stereocenters. The highest BCUT2D eigenvalue weighted by Crippen LogP contribution is 2.15. The molecule has 0 atom stereocenters. The number of ether oxygens (including phenoxy) is 1. The number of carbonyl (C=O) groups excluding carboxylic acids is 1. The number of amides is 1. The third kappa shape index (κ3) is 4.86. The lowest BCUT2D eigenvalue weighted by molar-refractivity contribution is -0.130. The van der Waals surface area contributed by atoms with Crippen molar-refractivity contribution in [2.45, 2.75) is 12.8 Å². The Labute approximate surface area is 128 Å². The van der Waals surface area contributed by atoms with Gasteiger partial charge >= 0.3 is 0 Å². The summed E-state index contributed by atoms with van der Waals surface area (Å²) in [5, 5.41) is 4.06. The summed E-state index contributed by atoms with van der Waals surface area (Å²) >= 11 is 1.63. The lowest BCUT2D eigenvalue weighted by Gasteiger charge is -2.17. The van der Waals surface area contributed by atoms with Crippen molar-refractivity contribution >= 4 is 17.2 Å². The van der Waals surface area contributed by atoms with Crippen LogP contribution in [0.5, 0.6) is 5.75 Å². The summed E-state index contributed by atoms with van der Waals surface area (Å²) in [6.07, 6.45) is 1.23. The zero-order valence-electron chi connectivity index (χ0n) is 11.9. The van der Waals surface area contributed by atoms with Gasteiger partial charge in [-0.1, -0.05) is 12.1 Å². The molecule has 0 fully saturated rings. The van der Waals surface area contributed by atoms with Crippen LogP contribution in [0.25, 0.3) is 0 Å². The number of nitrogens with zero attached hydrogens (tertiary/aromatic N) is 1. The summed E-state index contributed by atoms with van der Waals surface area (Å²) in [6.45, 7) is 0.721. The second-order valence-electron chi connectivity index (χ2n) is 4.73. The molecule has 0 saturated carbocycles. The second-order valence-corrected chi connectivity index (χ2v) is 5.51. The molecule has 2 rings (SSSR count). The normalized spacial score (nSPS) is 10.4. The molecule has 0 spiro atoms. The molecule has 2 aromatic rings. The number of hydrogen-bond acceptors (Lipinski definition) is 3. The van der Waals surface area contributed by atoms with Gasteiger partial charge in [-0.2, -0.15) is 11.3 Å². The fraction of sp³-hybridized carbons (Fsp3) is 0.312. The minimum absolute atomic E-state index is 0.0679. The fourth-order valence-corrected chi connectivity index (χ4v) is 2.56. The van der Waals surface area contributed by atoms with E-state index in [9.17, 15) is 9.18 Å². The molecule has 1 amide bonds. The first kappa shape index (κ1) is 15.5. The lowest BCUT2D eigenvalue weighted by Crippen LogP contribution is -2.31. The molecule has 0 aliphatic carbocycles. The van der Waals surface area contributed by atoms with Crippen molar-refractivity contribution in [1.82, 2.24) is 4.90 Å². The molecular formula is C16H18FNO2S. The van der Waals surface area contributed by atoms with Gasteiger partial charge in [0.25, 0.3) is 0 Å². The first-order valence-corrected chi connectivity index (χ1v) is 7.73. The van der Waals surface area contributed by atoms with Gasteiger partial charge < -0.3 is 9.64 Å². The maximum absolute atomic E-state index is 13.3. The van der Waals surface area contributed by atoms with Gasteiger partial charge in [-0.3, -0.25) is 4.79 Å². The molecule has 0 radical (unpaired) electrons. The molecule has 5 heteroatoms. The number of benzene rings is 1. The third-order valence-corrected chi connectivity index (χ3v) is 3.89. The highest BCUT2D eigenvalue weighted by Gasteiger charge is 2.09. The molecule has 3 nitrogen and oxygen atoms in total. The van der Waals surface area contributed by atoms with Crippen LogP contribution in [0.3, 0.4) is 0 Å². The smallest absolute Gasteiger partial charge is 0.222 e. The van der Waals surface area contributed by atoms with Gasteiger partial charge in [-0.15, -0.1) is 0 Å². The standard InChI is InChI=1S/C16H18FNO2S/c1-18(16(19)7-6-13-8-11-21-12-13)9-10-20-15-5-3-2-4-14(15)17/h2-5,8,11-12H,6-7,9-10H2,1H3. The van der Waals surface area contributed by atoms with Crippen LogP contribution >= 0.6 is 11.3 Å². The third-order valence-electron chi connectivity index (χ3n) is 3.15. The molecular weight excluding hydrogens is 289 g/mol. The molecule has 112 valence electrons. The van der Waals surface area contributed by atoms with Gasteiger partial charge in [0.15, 0.2) is 11.6 Å². The first-order chi connectivity index (χ1) is 10.2. The number of thiophene rings is 1. The van der Waals surface area contributed by atoms with Crippen molar-refractivity contribution in [3.8, 4) is 5.75 Å². The average Bonchev–Trinajstić information content (AvgIpc) is 3.00. The Hall–Kier alpha value is -1.88. The van der Waals surface area contributed by atoms with Gasteiger partial charge in [0, 0.05) is 13.5 Å². The van der Waals surface area contributed by atoms with E-state index in [1.54, 1.807) is 41.5 Å². The largest absolute Gasteiger partial charge is 0.489 e. The zero-order valence-corrected chi connectivity index (χ0v) is 12.7. The van der Waals surface area contributed by atoms with E-state index in [4.69, 9.17) is 4.74 Å². The van der Waals surface area contributed by atoms with E-state index in [0.29, 0.717) is 13.0 Å². The summed E-state index contributed by atoms with van der Waals surface area (Å²) in [5.41, 5.74) is 1.18. The Morgan fingerprint density at radius 3 is 2.86 bits per heavy atom. The van der Waals surface area contributed by atoms with Gasteiger partial charge in [0.1, 0.15) is 6.61 Å². The predicted octanol–water partition coefficient (Wildman–Crippen LogP) is 3.36. The minimum Gasteiger partial charge on any atom is -0.489 e. The number of likely N-dealkylation sites (N-methyl/N-ethyl adjacent to an activating group) is 1. The van der Waals surface area contributed by atoms with Crippen molar-refractivity contribution in [3.05, 3.63) is 52.5 Å². The van der Waals surface area contributed by atoms with Crippen LogP contribution in [0.15, 0.2) is 41.1 Å². The number of rotatable bonds is 7. The molecule has 0 aliphatic heterocycles. The predicted molar refractivity (Wildman–Crippen MR) is 82.2 cm³/mol. The van der Waals surface area contributed by atoms with Gasteiger partial charge in [0.2, 0.25) is 5.91 Å². The van der Waals surface area contributed by atoms with Crippen LogP contribution in [0.4, 0.5) is 4.39 Å². The van der Waals surface area contributed by atoms with Crippen LogP contribution in [0.1, 0.15) is 12.0 Å². The number of hydrogen-bond donors (Lipinski definition) is 0. The summed E-state index contributed by atoms with van der Waals surface area (Å²) < 4.78 is 18.7. The van der Waals surface area contributed by atoms with Crippen molar-refractivity contribution in [2.75, 3.05) is 20.2 Å². The summed E-state index contributed by atoms with van der Waals surface area (Å²) in [5.74, 6) is -0.0982. The average molecular weight is 307 g/mol. The molecule has 21 heavy (non-hydrogen) atoms. The Bertz CT molecular complexity index is 571. The highest BCUT2D eigenvalue weighted by molar-refractivity contribution is 7.07. The van der Waals surface area contributed by atoms with Crippen LogP contribution < -0.4 is 4.74 Å². The van der Waals surface area contributed by atoms with Crippen molar-refractivity contribution in [1.29, 1.82) is 0 Å². The topological polar surface area (TPSA) is 29.5 Å². The highest BCUT2D eigenvalue weighted by atomic mass is 32.1. The molecule has 1 heterocycles. The number of carbonyl (C=O) groups is 1. The van der Waals surface area contributed by atoms with Crippen LogP contribution in [-0.2, 0) is 11.2 Å². The van der Waals surface area contributed by atoms with Crippen LogP contribution in [0, 0.1) is 5.82 Å². The summed E-state index contributed by atoms with van der Waals surface area (Å²) in [6, 6.07) is 8.29. The maximum Gasteiger partial charge on any atom is 0.222 e. The Kier molecular flexibility index (Phi) is 5.75. The molecule has 0 saturated heterocycles. The van der Waals surface area contributed by atoms with Gasteiger partial charge in [-0.05, 0) is 40.9 Å². The van der Waals surface area contributed by atoms with Crippen molar-refractivity contribution in [2.24, 2.45) is 0 Å². The van der Waals surface area contributed by atoms with E-state index in [1.165, 1.54) is 11.6 Å². The van der Waals surface area contributed by atoms with Crippen molar-refractivity contribution < 1.29 is 13.9 Å². The first-order valence-electron chi connectivity index (χ1n) is 6.79. The molecule has 1 aromatic heterocycles. The Morgan fingerprint density at radius 2 is 2.14 bits per heavy atom. The quantitative estimate of drug-likeness (QED) is 0.785. The molecule has 0 aliphatic rings. The molecule has 0 N–H and O–H groups in total. The molecule has 0 bridgehead atoms. The van der Waals surface area contributed by atoms with Gasteiger partial charge in [0.05, 0.1) is 6.54 Å².